The number of urea groups is 1. The Morgan fingerprint density at radius 3 is 2.52 bits per heavy atom. The van der Waals surface area contributed by atoms with Gasteiger partial charge in [0.15, 0.2) is 5.76 Å². The van der Waals surface area contributed by atoms with E-state index < -0.39 is 12.1 Å². The van der Waals surface area contributed by atoms with Gasteiger partial charge in [0.25, 0.3) is 5.91 Å². The van der Waals surface area contributed by atoms with Crippen LogP contribution in [0.25, 0.3) is 0 Å². The molecule has 8 heteroatoms. The normalized spacial score (nSPS) is 16.9. The number of likely N-dealkylation sites (tertiary alicyclic amines) is 1. The van der Waals surface area contributed by atoms with E-state index in [1.165, 1.54) is 0 Å². The molecule has 0 aromatic carbocycles. The van der Waals surface area contributed by atoms with Gasteiger partial charge in [-0.3, -0.25) is 19.8 Å². The van der Waals surface area contributed by atoms with E-state index in [1.54, 1.807) is 32.9 Å². The van der Waals surface area contributed by atoms with Gasteiger partial charge in [-0.25, -0.2) is 4.79 Å². The number of rotatable bonds is 5. The minimum absolute atomic E-state index is 0.0489. The molecule has 4 amide bonds. The van der Waals surface area contributed by atoms with Gasteiger partial charge >= 0.3 is 6.03 Å². The third-order valence-corrected chi connectivity index (χ3v) is 4.33. The lowest BCUT2D eigenvalue weighted by atomic mass is 10.0. The lowest BCUT2D eigenvalue weighted by Gasteiger charge is -2.35. The van der Waals surface area contributed by atoms with Crippen LogP contribution in [-0.4, -0.2) is 54.5 Å². The Hall–Kier alpha value is -2.35. The fraction of sp³-hybridized carbons (Fsp3) is 0.588. The Balaban J connectivity index is 1.77. The first-order valence-corrected chi connectivity index (χ1v) is 8.60. The number of furan rings is 1. The van der Waals surface area contributed by atoms with E-state index in [0.29, 0.717) is 31.2 Å². The number of imide groups is 1. The van der Waals surface area contributed by atoms with Crippen molar-refractivity contribution in [1.82, 2.24) is 20.9 Å². The van der Waals surface area contributed by atoms with E-state index in [2.05, 4.69) is 16.0 Å². The van der Waals surface area contributed by atoms with Gasteiger partial charge in [0, 0.05) is 25.7 Å². The van der Waals surface area contributed by atoms with Crippen molar-refractivity contribution in [2.75, 3.05) is 19.6 Å². The Bertz CT molecular complexity index is 620. The molecule has 138 valence electrons. The zero-order chi connectivity index (χ0) is 18.4. The van der Waals surface area contributed by atoms with Gasteiger partial charge < -0.3 is 15.1 Å². The number of nitrogens with one attached hydrogen (secondary N) is 3. The number of nitrogens with zero attached hydrogens (tertiary/aromatic N) is 1. The second kappa shape index (κ2) is 8.66. The van der Waals surface area contributed by atoms with Gasteiger partial charge in [-0.15, -0.1) is 0 Å². The second-order valence-electron chi connectivity index (χ2n) is 6.22. The van der Waals surface area contributed by atoms with Crippen LogP contribution in [0.1, 0.15) is 43.0 Å². The smallest absolute Gasteiger partial charge is 0.321 e. The standard InChI is InChI=1S/C17H26N4O4/c1-4-18-17(24)20-15(22)12(3)21-9-7-13(8-10-21)19-16(23)14-6-5-11(2)25-14/h5-6,12-13H,4,7-10H2,1-3H3,(H,19,23)(H2,18,20,22,24)/t12-/m1/s1. The Labute approximate surface area is 147 Å². The first kappa shape index (κ1) is 19.0. The van der Waals surface area contributed by atoms with Crippen molar-refractivity contribution >= 4 is 17.8 Å². The van der Waals surface area contributed by atoms with E-state index in [1.807, 2.05) is 4.90 Å². The Kier molecular flexibility index (Phi) is 6.58. The van der Waals surface area contributed by atoms with Crippen LogP contribution in [0.4, 0.5) is 4.79 Å². The summed E-state index contributed by atoms with van der Waals surface area (Å²) in [6.45, 7) is 7.17. The van der Waals surface area contributed by atoms with Crippen LogP contribution in [0.15, 0.2) is 16.5 Å². The monoisotopic (exact) mass is 350 g/mol. The molecule has 1 saturated heterocycles. The van der Waals surface area contributed by atoms with Crippen molar-refractivity contribution in [3.63, 3.8) is 0 Å². The lowest BCUT2D eigenvalue weighted by Crippen LogP contribution is -2.53. The summed E-state index contributed by atoms with van der Waals surface area (Å²) in [6, 6.07) is 2.59. The summed E-state index contributed by atoms with van der Waals surface area (Å²) in [4.78, 5) is 37.6. The van der Waals surface area contributed by atoms with E-state index in [0.717, 1.165) is 12.8 Å². The molecule has 3 N–H and O–H groups in total. The van der Waals surface area contributed by atoms with Crippen molar-refractivity contribution in [3.05, 3.63) is 23.7 Å². The van der Waals surface area contributed by atoms with E-state index in [-0.39, 0.29) is 17.9 Å². The topological polar surface area (TPSA) is 104 Å². The number of piperidine rings is 1. The highest BCUT2D eigenvalue weighted by molar-refractivity contribution is 5.96. The fourth-order valence-corrected chi connectivity index (χ4v) is 2.83. The average molecular weight is 350 g/mol. The number of carbonyl (C=O) groups excluding carboxylic acids is 3. The minimum Gasteiger partial charge on any atom is -0.456 e. The molecule has 0 unspecified atom stereocenters. The van der Waals surface area contributed by atoms with Crippen LogP contribution in [0.5, 0.6) is 0 Å². The maximum absolute atomic E-state index is 12.1. The van der Waals surface area contributed by atoms with Crippen molar-refractivity contribution in [1.29, 1.82) is 0 Å². The maximum atomic E-state index is 12.1. The molecule has 0 spiro atoms. The summed E-state index contributed by atoms with van der Waals surface area (Å²) in [5, 5.41) is 7.83. The van der Waals surface area contributed by atoms with E-state index in [4.69, 9.17) is 4.42 Å². The summed E-state index contributed by atoms with van der Waals surface area (Å²) in [5.74, 6) is 0.481. The van der Waals surface area contributed by atoms with Crippen molar-refractivity contribution in [2.45, 2.75) is 45.7 Å². The molecule has 1 aliphatic rings. The summed E-state index contributed by atoms with van der Waals surface area (Å²) >= 11 is 0. The van der Waals surface area contributed by atoms with Crippen LogP contribution < -0.4 is 16.0 Å². The Morgan fingerprint density at radius 1 is 1.28 bits per heavy atom. The van der Waals surface area contributed by atoms with Gasteiger partial charge in [0.05, 0.1) is 6.04 Å². The van der Waals surface area contributed by atoms with Crippen LogP contribution in [0, 0.1) is 6.92 Å². The first-order chi connectivity index (χ1) is 11.9. The van der Waals surface area contributed by atoms with Gasteiger partial charge in [0.1, 0.15) is 5.76 Å². The number of aryl methyl sites for hydroxylation is 1. The van der Waals surface area contributed by atoms with Crippen molar-refractivity contribution in [2.24, 2.45) is 0 Å². The highest BCUT2D eigenvalue weighted by Crippen LogP contribution is 2.15. The molecule has 2 rings (SSSR count). The average Bonchev–Trinajstić information content (AvgIpc) is 3.01. The summed E-state index contributed by atoms with van der Waals surface area (Å²) in [7, 11) is 0. The molecule has 2 heterocycles. The lowest BCUT2D eigenvalue weighted by molar-refractivity contribution is -0.125. The molecule has 0 bridgehead atoms. The molecule has 25 heavy (non-hydrogen) atoms. The van der Waals surface area contributed by atoms with Gasteiger partial charge in [-0.2, -0.15) is 0 Å². The molecular formula is C17H26N4O4. The predicted octanol–water partition coefficient (Wildman–Crippen LogP) is 1.02. The van der Waals surface area contributed by atoms with Crippen LogP contribution in [0.3, 0.4) is 0 Å². The van der Waals surface area contributed by atoms with Gasteiger partial charge in [0.2, 0.25) is 5.91 Å². The van der Waals surface area contributed by atoms with Crippen LogP contribution in [-0.2, 0) is 4.79 Å². The summed E-state index contributed by atoms with van der Waals surface area (Å²) in [6.07, 6.45) is 1.48. The van der Waals surface area contributed by atoms with Crippen molar-refractivity contribution in [3.8, 4) is 0 Å². The quantitative estimate of drug-likeness (QED) is 0.735. The number of hydrogen-bond donors (Lipinski definition) is 3. The van der Waals surface area contributed by atoms with Crippen molar-refractivity contribution < 1.29 is 18.8 Å². The molecule has 0 aliphatic carbocycles. The van der Waals surface area contributed by atoms with Crippen LogP contribution >= 0.6 is 0 Å². The molecule has 1 aromatic heterocycles. The van der Waals surface area contributed by atoms with Gasteiger partial charge in [-0.05, 0) is 45.7 Å². The molecule has 0 radical (unpaired) electrons. The zero-order valence-electron chi connectivity index (χ0n) is 14.9. The van der Waals surface area contributed by atoms with E-state index in [9.17, 15) is 14.4 Å². The number of amides is 4. The highest BCUT2D eigenvalue weighted by atomic mass is 16.3. The largest absolute Gasteiger partial charge is 0.456 e. The molecule has 1 aromatic rings. The van der Waals surface area contributed by atoms with E-state index >= 15 is 0 Å². The van der Waals surface area contributed by atoms with Crippen LogP contribution in [0.2, 0.25) is 0 Å². The molecule has 1 aliphatic heterocycles. The molecule has 0 saturated carbocycles. The summed E-state index contributed by atoms with van der Waals surface area (Å²) in [5.41, 5.74) is 0. The molecule has 1 atom stereocenters. The molecular weight excluding hydrogens is 324 g/mol. The maximum Gasteiger partial charge on any atom is 0.321 e. The third kappa shape index (κ3) is 5.32. The Morgan fingerprint density at radius 2 is 1.96 bits per heavy atom. The SMILES string of the molecule is CCNC(=O)NC(=O)[C@@H](C)N1CCC(NC(=O)c2ccc(C)o2)CC1. The summed E-state index contributed by atoms with van der Waals surface area (Å²) < 4.78 is 5.32. The third-order valence-electron chi connectivity index (χ3n) is 4.33. The first-order valence-electron chi connectivity index (χ1n) is 8.60. The van der Waals surface area contributed by atoms with Gasteiger partial charge in [-0.1, -0.05) is 0 Å². The second-order valence-corrected chi connectivity index (χ2v) is 6.22. The fourth-order valence-electron chi connectivity index (χ4n) is 2.83. The predicted molar refractivity (Wildman–Crippen MR) is 92.2 cm³/mol. The molecule has 1 fully saturated rings. The highest BCUT2D eigenvalue weighted by Gasteiger charge is 2.28. The zero-order valence-corrected chi connectivity index (χ0v) is 14.9. The number of hydrogen-bond acceptors (Lipinski definition) is 5. The molecule has 8 nitrogen and oxygen atoms in total. The minimum atomic E-state index is -0.477. The number of carbonyl (C=O) groups is 3.